The molecular formula is C9H13ClSi. The molecule has 1 aromatic rings. The van der Waals surface area contributed by atoms with E-state index in [9.17, 15) is 0 Å². The maximum atomic E-state index is 6.25. The van der Waals surface area contributed by atoms with Gasteiger partial charge in [-0.3, -0.25) is 0 Å². The Hall–Kier alpha value is -0.273. The molecule has 0 heterocycles. The van der Waals surface area contributed by atoms with Crippen molar-refractivity contribution in [1.82, 2.24) is 0 Å². The minimum atomic E-state index is -1.58. The van der Waals surface area contributed by atoms with Gasteiger partial charge < -0.3 is 0 Å². The smallest absolute Gasteiger partial charge is 0.162 e. The van der Waals surface area contributed by atoms with Crippen LogP contribution in [-0.2, 0) is 0 Å². The summed E-state index contributed by atoms with van der Waals surface area (Å²) >= 11 is 6.25. The second-order valence-electron chi connectivity index (χ2n) is 3.34. The van der Waals surface area contributed by atoms with Crippen molar-refractivity contribution in [3.05, 3.63) is 29.8 Å². The fraction of sp³-hybridized carbons (Fsp3) is 0.333. The molecule has 0 fully saturated rings. The Morgan fingerprint density at radius 3 is 1.91 bits per heavy atom. The molecule has 1 rings (SSSR count). The molecule has 0 aromatic heterocycles. The summed E-state index contributed by atoms with van der Waals surface area (Å²) in [6.07, 6.45) is 0. The van der Waals surface area contributed by atoms with Crippen LogP contribution in [0.1, 0.15) is 5.56 Å². The number of benzene rings is 1. The third-order valence-corrected chi connectivity index (χ3v) is 4.10. The Balaban J connectivity index is 2.99. The number of halogens is 1. The van der Waals surface area contributed by atoms with Gasteiger partial charge in [0.05, 0.1) is 0 Å². The molecule has 0 bridgehead atoms. The van der Waals surface area contributed by atoms with Gasteiger partial charge in [-0.05, 0) is 12.1 Å². The van der Waals surface area contributed by atoms with Gasteiger partial charge in [0.2, 0.25) is 0 Å². The molecule has 0 radical (unpaired) electrons. The fourth-order valence-electron chi connectivity index (χ4n) is 0.950. The van der Waals surface area contributed by atoms with E-state index in [0.717, 1.165) is 0 Å². The lowest BCUT2D eigenvalue weighted by molar-refractivity contribution is 1.49. The molecular weight excluding hydrogens is 172 g/mol. The van der Waals surface area contributed by atoms with Crippen LogP contribution in [-0.4, -0.2) is 7.38 Å². The molecule has 0 spiro atoms. The molecule has 0 nitrogen and oxygen atoms in total. The molecule has 0 unspecified atom stereocenters. The predicted molar refractivity (Wildman–Crippen MR) is 54.1 cm³/mol. The van der Waals surface area contributed by atoms with Gasteiger partial charge in [-0.15, -0.1) is 0 Å². The topological polar surface area (TPSA) is 0 Å². The summed E-state index contributed by atoms with van der Waals surface area (Å²) < 4.78 is 0. The Labute approximate surface area is 73.9 Å². The number of hydrogen-bond donors (Lipinski definition) is 0. The van der Waals surface area contributed by atoms with Crippen molar-refractivity contribution in [2.45, 2.75) is 20.0 Å². The zero-order chi connectivity index (χ0) is 8.48. The zero-order valence-corrected chi connectivity index (χ0v) is 8.94. The lowest BCUT2D eigenvalue weighted by Gasteiger charge is -2.12. The van der Waals surface area contributed by atoms with Crippen LogP contribution in [0.5, 0.6) is 0 Å². The van der Waals surface area contributed by atoms with Crippen LogP contribution < -0.4 is 5.19 Å². The van der Waals surface area contributed by atoms with Crippen molar-refractivity contribution in [2.24, 2.45) is 0 Å². The number of aryl methyl sites for hydroxylation is 1. The summed E-state index contributed by atoms with van der Waals surface area (Å²) in [5.41, 5.74) is 1.30. The molecule has 0 aliphatic heterocycles. The van der Waals surface area contributed by atoms with Crippen molar-refractivity contribution < 1.29 is 0 Å². The van der Waals surface area contributed by atoms with Gasteiger partial charge in [-0.25, -0.2) is 0 Å². The second-order valence-corrected chi connectivity index (χ2v) is 9.70. The summed E-state index contributed by atoms with van der Waals surface area (Å²) in [5, 5.41) is 1.31. The molecule has 0 saturated heterocycles. The molecule has 2 heteroatoms. The van der Waals surface area contributed by atoms with Gasteiger partial charge in [0, 0.05) is 0 Å². The number of hydrogen-bond acceptors (Lipinski definition) is 0. The van der Waals surface area contributed by atoms with Crippen molar-refractivity contribution in [3.8, 4) is 0 Å². The summed E-state index contributed by atoms with van der Waals surface area (Å²) in [4.78, 5) is 0. The highest BCUT2D eigenvalue weighted by atomic mass is 35.6. The molecule has 0 N–H and O–H groups in total. The first kappa shape index (κ1) is 8.82. The molecule has 0 aliphatic rings. The minimum Gasteiger partial charge on any atom is -0.162 e. The summed E-state index contributed by atoms with van der Waals surface area (Å²) in [6.45, 7) is 6.37. The Bertz CT molecular complexity index is 233. The minimum absolute atomic E-state index is 1.30. The highest BCUT2D eigenvalue weighted by Crippen LogP contribution is 2.08. The Kier molecular flexibility index (Phi) is 2.40. The lowest BCUT2D eigenvalue weighted by Crippen LogP contribution is -2.34. The lowest BCUT2D eigenvalue weighted by atomic mass is 10.2. The average molecular weight is 185 g/mol. The van der Waals surface area contributed by atoms with Crippen molar-refractivity contribution in [2.75, 3.05) is 0 Å². The van der Waals surface area contributed by atoms with Crippen LogP contribution in [0, 0.1) is 6.92 Å². The van der Waals surface area contributed by atoms with Crippen LogP contribution in [0.15, 0.2) is 24.3 Å². The molecule has 0 aliphatic carbocycles. The van der Waals surface area contributed by atoms with Crippen LogP contribution in [0.4, 0.5) is 0 Å². The van der Waals surface area contributed by atoms with E-state index in [1.807, 2.05) is 0 Å². The highest BCUT2D eigenvalue weighted by molar-refractivity contribution is 7.26. The summed E-state index contributed by atoms with van der Waals surface area (Å²) in [6, 6.07) is 8.50. The number of rotatable bonds is 1. The summed E-state index contributed by atoms with van der Waals surface area (Å²) in [5.74, 6) is 0. The summed E-state index contributed by atoms with van der Waals surface area (Å²) in [7, 11) is -1.58. The molecule has 0 atom stereocenters. The maximum Gasteiger partial charge on any atom is 0.180 e. The third kappa shape index (κ3) is 2.35. The van der Waals surface area contributed by atoms with Crippen molar-refractivity contribution in [3.63, 3.8) is 0 Å². The van der Waals surface area contributed by atoms with Gasteiger partial charge >= 0.3 is 0 Å². The van der Waals surface area contributed by atoms with E-state index < -0.39 is 7.38 Å². The monoisotopic (exact) mass is 184 g/mol. The SMILES string of the molecule is Cc1ccc([Si](C)(C)Cl)cc1. The van der Waals surface area contributed by atoms with Crippen LogP contribution in [0.25, 0.3) is 0 Å². The molecule has 1 aromatic carbocycles. The second kappa shape index (κ2) is 3.00. The molecule has 0 amide bonds. The average Bonchev–Trinajstić information content (AvgIpc) is 1.86. The third-order valence-electron chi connectivity index (χ3n) is 1.74. The molecule has 11 heavy (non-hydrogen) atoms. The van der Waals surface area contributed by atoms with Crippen LogP contribution in [0.3, 0.4) is 0 Å². The van der Waals surface area contributed by atoms with E-state index >= 15 is 0 Å². The Morgan fingerprint density at radius 1 is 1.09 bits per heavy atom. The predicted octanol–water partition coefficient (Wildman–Crippen LogP) is 2.65. The van der Waals surface area contributed by atoms with Gasteiger partial charge in [-0.2, -0.15) is 11.1 Å². The van der Waals surface area contributed by atoms with E-state index in [0.29, 0.717) is 0 Å². The zero-order valence-electron chi connectivity index (χ0n) is 7.19. The fourth-order valence-corrected chi connectivity index (χ4v) is 2.29. The van der Waals surface area contributed by atoms with E-state index in [1.165, 1.54) is 10.8 Å². The van der Waals surface area contributed by atoms with Gasteiger partial charge in [-0.1, -0.05) is 42.9 Å². The van der Waals surface area contributed by atoms with Gasteiger partial charge in [0.1, 0.15) is 0 Å². The van der Waals surface area contributed by atoms with E-state index in [-0.39, 0.29) is 0 Å². The molecule has 60 valence electrons. The Morgan fingerprint density at radius 2 is 1.55 bits per heavy atom. The van der Waals surface area contributed by atoms with E-state index in [4.69, 9.17) is 11.1 Å². The maximum absolute atomic E-state index is 6.25. The quantitative estimate of drug-likeness (QED) is 0.465. The van der Waals surface area contributed by atoms with Gasteiger partial charge in [0.15, 0.2) is 7.38 Å². The highest BCUT2D eigenvalue weighted by Gasteiger charge is 2.18. The van der Waals surface area contributed by atoms with Crippen LogP contribution >= 0.6 is 11.1 Å². The molecule has 0 saturated carbocycles. The van der Waals surface area contributed by atoms with E-state index in [1.54, 1.807) is 0 Å². The van der Waals surface area contributed by atoms with E-state index in [2.05, 4.69) is 44.3 Å². The van der Waals surface area contributed by atoms with Gasteiger partial charge in [0.25, 0.3) is 0 Å². The first-order valence-electron chi connectivity index (χ1n) is 3.76. The van der Waals surface area contributed by atoms with Crippen molar-refractivity contribution in [1.29, 1.82) is 0 Å². The largest absolute Gasteiger partial charge is 0.180 e. The normalized spacial score (nSPS) is 11.6. The first-order valence-corrected chi connectivity index (χ1v) is 7.77. The first-order chi connectivity index (χ1) is 5.00. The van der Waals surface area contributed by atoms with Crippen molar-refractivity contribution >= 4 is 23.6 Å². The standard InChI is InChI=1S/C9H13ClSi/c1-8-4-6-9(7-5-8)11(2,3)10/h4-7H,1-3H3. The van der Waals surface area contributed by atoms with Crippen LogP contribution in [0.2, 0.25) is 13.1 Å².